The van der Waals surface area contributed by atoms with Crippen LogP contribution in [-0.4, -0.2) is 33.0 Å². The Hall–Kier alpha value is -3.41. The van der Waals surface area contributed by atoms with Crippen molar-refractivity contribution in [2.45, 2.75) is 20.4 Å². The molecule has 1 N–H and O–H groups in total. The summed E-state index contributed by atoms with van der Waals surface area (Å²) in [6.45, 7) is 4.65. The Labute approximate surface area is 158 Å². The molecular weight excluding hydrogens is 340 g/mol. The summed E-state index contributed by atoms with van der Waals surface area (Å²) in [6.07, 6.45) is 1.76. The second-order valence-corrected chi connectivity index (χ2v) is 6.17. The van der Waals surface area contributed by atoms with E-state index in [0.717, 1.165) is 11.3 Å². The molecule has 6 heteroatoms. The molecule has 6 nitrogen and oxygen atoms in total. The highest BCUT2D eigenvalue weighted by atomic mass is 16.2. The molecule has 0 aliphatic rings. The molecule has 3 aromatic rings. The molecule has 27 heavy (non-hydrogen) atoms. The van der Waals surface area contributed by atoms with Crippen LogP contribution >= 0.6 is 0 Å². The predicted molar refractivity (Wildman–Crippen MR) is 105 cm³/mol. The van der Waals surface area contributed by atoms with Crippen LogP contribution in [0.4, 0.5) is 5.69 Å². The van der Waals surface area contributed by atoms with Crippen molar-refractivity contribution in [3.8, 4) is 5.69 Å². The van der Waals surface area contributed by atoms with Crippen molar-refractivity contribution in [1.82, 2.24) is 14.7 Å². The predicted octanol–water partition coefficient (Wildman–Crippen LogP) is 3.49. The Balaban J connectivity index is 1.70. The number of para-hydroxylation sites is 1. The molecule has 0 saturated heterocycles. The van der Waals surface area contributed by atoms with E-state index >= 15 is 0 Å². The minimum Gasteiger partial charge on any atom is -0.339 e. The first-order chi connectivity index (χ1) is 13.1. The van der Waals surface area contributed by atoms with E-state index in [9.17, 15) is 9.59 Å². The standard InChI is InChI=1S/C21H22N4O2/c1-3-24(16(2)26)15-17-8-7-9-18(14-17)22-21(27)20-12-13-25(23-20)19-10-5-4-6-11-19/h4-14H,3,15H2,1-2H3,(H,22,27). The highest BCUT2D eigenvalue weighted by molar-refractivity contribution is 6.02. The van der Waals surface area contributed by atoms with Crippen molar-refractivity contribution < 1.29 is 9.59 Å². The van der Waals surface area contributed by atoms with Gasteiger partial charge < -0.3 is 10.2 Å². The van der Waals surface area contributed by atoms with Crippen LogP contribution in [0.15, 0.2) is 66.9 Å². The molecule has 0 atom stereocenters. The number of carbonyl (C=O) groups is 2. The third-order valence-electron chi connectivity index (χ3n) is 4.23. The van der Waals surface area contributed by atoms with Gasteiger partial charge in [-0.25, -0.2) is 4.68 Å². The summed E-state index contributed by atoms with van der Waals surface area (Å²) < 4.78 is 1.66. The fourth-order valence-electron chi connectivity index (χ4n) is 2.78. The zero-order chi connectivity index (χ0) is 19.2. The summed E-state index contributed by atoms with van der Waals surface area (Å²) in [5, 5.41) is 7.20. The minimum absolute atomic E-state index is 0.0263. The maximum absolute atomic E-state index is 12.5. The van der Waals surface area contributed by atoms with Crippen molar-refractivity contribution in [2.24, 2.45) is 0 Å². The lowest BCUT2D eigenvalue weighted by Gasteiger charge is -2.19. The summed E-state index contributed by atoms with van der Waals surface area (Å²) in [6, 6.07) is 18.8. The van der Waals surface area contributed by atoms with Crippen LogP contribution in [0.25, 0.3) is 5.69 Å². The zero-order valence-electron chi connectivity index (χ0n) is 15.4. The number of amides is 2. The Morgan fingerprint density at radius 1 is 1.07 bits per heavy atom. The molecule has 0 fully saturated rings. The molecule has 1 aromatic heterocycles. The molecule has 0 radical (unpaired) electrons. The number of anilines is 1. The van der Waals surface area contributed by atoms with Gasteiger partial charge in [-0.2, -0.15) is 5.10 Å². The first-order valence-electron chi connectivity index (χ1n) is 8.83. The summed E-state index contributed by atoms with van der Waals surface area (Å²) in [5.41, 5.74) is 2.86. The summed E-state index contributed by atoms with van der Waals surface area (Å²) in [7, 11) is 0. The maximum atomic E-state index is 12.5. The van der Waals surface area contributed by atoms with E-state index in [-0.39, 0.29) is 11.8 Å². The topological polar surface area (TPSA) is 67.2 Å². The van der Waals surface area contributed by atoms with E-state index in [2.05, 4.69) is 10.4 Å². The van der Waals surface area contributed by atoms with E-state index in [1.807, 2.05) is 61.5 Å². The van der Waals surface area contributed by atoms with Crippen LogP contribution in [0, 0.1) is 0 Å². The van der Waals surface area contributed by atoms with Crippen molar-refractivity contribution in [1.29, 1.82) is 0 Å². The Kier molecular flexibility index (Phi) is 5.66. The number of rotatable bonds is 6. The van der Waals surface area contributed by atoms with E-state index in [4.69, 9.17) is 0 Å². The molecule has 0 bridgehead atoms. The normalized spacial score (nSPS) is 10.4. The smallest absolute Gasteiger partial charge is 0.276 e. The van der Waals surface area contributed by atoms with E-state index < -0.39 is 0 Å². The second-order valence-electron chi connectivity index (χ2n) is 6.17. The SMILES string of the molecule is CCN(Cc1cccc(NC(=O)c2ccn(-c3ccccc3)n2)c1)C(C)=O. The lowest BCUT2D eigenvalue weighted by Crippen LogP contribution is -2.27. The molecule has 3 rings (SSSR count). The minimum atomic E-state index is -0.277. The number of aromatic nitrogens is 2. The highest BCUT2D eigenvalue weighted by Gasteiger charge is 2.12. The molecule has 0 saturated carbocycles. The van der Waals surface area contributed by atoms with Gasteiger partial charge >= 0.3 is 0 Å². The van der Waals surface area contributed by atoms with Gasteiger partial charge in [-0.3, -0.25) is 9.59 Å². The largest absolute Gasteiger partial charge is 0.339 e. The van der Waals surface area contributed by atoms with Gasteiger partial charge in [0.1, 0.15) is 0 Å². The first-order valence-corrected chi connectivity index (χ1v) is 8.83. The number of nitrogens with one attached hydrogen (secondary N) is 1. The molecule has 2 amide bonds. The number of benzene rings is 2. The first kappa shape index (κ1) is 18.4. The Morgan fingerprint density at radius 3 is 2.56 bits per heavy atom. The van der Waals surface area contributed by atoms with Gasteiger partial charge in [0.2, 0.25) is 5.91 Å². The molecule has 1 heterocycles. The van der Waals surface area contributed by atoms with Crippen LogP contribution in [0.2, 0.25) is 0 Å². The van der Waals surface area contributed by atoms with Crippen molar-refractivity contribution in [3.05, 3.63) is 78.1 Å². The van der Waals surface area contributed by atoms with Gasteiger partial charge in [-0.05, 0) is 42.8 Å². The van der Waals surface area contributed by atoms with Crippen LogP contribution in [0.3, 0.4) is 0 Å². The number of hydrogen-bond donors (Lipinski definition) is 1. The van der Waals surface area contributed by atoms with Gasteiger partial charge in [0.15, 0.2) is 5.69 Å². The molecule has 0 aliphatic carbocycles. The lowest BCUT2D eigenvalue weighted by atomic mass is 10.2. The van der Waals surface area contributed by atoms with Gasteiger partial charge in [0.05, 0.1) is 5.69 Å². The fourth-order valence-corrected chi connectivity index (χ4v) is 2.78. The third-order valence-corrected chi connectivity index (χ3v) is 4.23. The Bertz CT molecular complexity index is 934. The molecule has 138 valence electrons. The van der Waals surface area contributed by atoms with Crippen LogP contribution < -0.4 is 5.32 Å². The quantitative estimate of drug-likeness (QED) is 0.730. The van der Waals surface area contributed by atoms with Crippen LogP contribution in [0.1, 0.15) is 29.9 Å². The van der Waals surface area contributed by atoms with Gasteiger partial charge in [0, 0.05) is 31.9 Å². The highest BCUT2D eigenvalue weighted by Crippen LogP contribution is 2.14. The maximum Gasteiger partial charge on any atom is 0.276 e. The molecule has 2 aromatic carbocycles. The van der Waals surface area contributed by atoms with E-state index in [1.54, 1.807) is 28.8 Å². The number of hydrogen-bond acceptors (Lipinski definition) is 3. The van der Waals surface area contributed by atoms with Crippen LogP contribution in [0.5, 0.6) is 0 Å². The Morgan fingerprint density at radius 2 is 1.85 bits per heavy atom. The number of nitrogens with zero attached hydrogens (tertiary/aromatic N) is 3. The second kappa shape index (κ2) is 8.31. The summed E-state index contributed by atoms with van der Waals surface area (Å²) in [5.74, 6) is -0.251. The average Bonchev–Trinajstić information content (AvgIpc) is 3.17. The van der Waals surface area contributed by atoms with Gasteiger partial charge in [-0.1, -0.05) is 30.3 Å². The number of carbonyl (C=O) groups excluding carboxylic acids is 2. The molecule has 0 unspecified atom stereocenters. The van der Waals surface area contributed by atoms with Gasteiger partial charge in [0.25, 0.3) is 5.91 Å². The zero-order valence-corrected chi connectivity index (χ0v) is 15.4. The van der Waals surface area contributed by atoms with E-state index in [1.165, 1.54) is 0 Å². The monoisotopic (exact) mass is 362 g/mol. The van der Waals surface area contributed by atoms with Crippen molar-refractivity contribution in [2.75, 3.05) is 11.9 Å². The third kappa shape index (κ3) is 4.61. The summed E-state index contributed by atoms with van der Waals surface area (Å²) >= 11 is 0. The summed E-state index contributed by atoms with van der Waals surface area (Å²) in [4.78, 5) is 25.8. The van der Waals surface area contributed by atoms with Crippen molar-refractivity contribution in [3.63, 3.8) is 0 Å². The van der Waals surface area contributed by atoms with Gasteiger partial charge in [-0.15, -0.1) is 0 Å². The molecule has 0 spiro atoms. The van der Waals surface area contributed by atoms with Crippen LogP contribution in [-0.2, 0) is 11.3 Å². The lowest BCUT2D eigenvalue weighted by molar-refractivity contribution is -0.129. The van der Waals surface area contributed by atoms with Crippen molar-refractivity contribution >= 4 is 17.5 Å². The molecule has 0 aliphatic heterocycles. The van der Waals surface area contributed by atoms with E-state index in [0.29, 0.717) is 24.5 Å². The average molecular weight is 362 g/mol. The fraction of sp³-hybridized carbons (Fsp3) is 0.190. The molecular formula is C21H22N4O2.